The lowest BCUT2D eigenvalue weighted by atomic mass is 9.93. The molecule has 2 aliphatic rings. The van der Waals surface area contributed by atoms with Crippen molar-refractivity contribution in [2.24, 2.45) is 5.92 Å². The van der Waals surface area contributed by atoms with Crippen LogP contribution in [-0.4, -0.2) is 42.4 Å². The van der Waals surface area contributed by atoms with Crippen LogP contribution in [0.15, 0.2) is 12.1 Å². The first-order valence-electron chi connectivity index (χ1n) is 9.50. The number of Topliss-reactive ketones (excluding diaryl/α,β-unsaturated/α-hetero) is 1. The number of carbonyl (C=O) groups excluding carboxylic acids is 3. The Morgan fingerprint density at radius 2 is 1.81 bits per heavy atom. The van der Waals surface area contributed by atoms with Crippen LogP contribution in [0, 0.1) is 5.92 Å². The van der Waals surface area contributed by atoms with Crippen LogP contribution in [0.2, 0.25) is 0 Å². The van der Waals surface area contributed by atoms with Gasteiger partial charge in [0.2, 0.25) is 18.6 Å². The van der Waals surface area contributed by atoms with E-state index in [1.165, 1.54) is 6.92 Å². The van der Waals surface area contributed by atoms with Crippen LogP contribution in [0.1, 0.15) is 56.3 Å². The molecule has 0 spiro atoms. The molecule has 0 aromatic heterocycles. The van der Waals surface area contributed by atoms with E-state index in [1.54, 1.807) is 12.1 Å². The van der Waals surface area contributed by atoms with Gasteiger partial charge in [0.1, 0.15) is 0 Å². The predicted octanol–water partition coefficient (Wildman–Crippen LogP) is 2.99. The molecule has 0 unspecified atom stereocenters. The standard InChI is InChI=1S/C20H26N2O5/c1-3-4-20(25)22-7-5-14(6-8-22)9-19(24)21-16-11-18-17(26-12-27-18)10-15(16)13(2)23/h10-11,14H,3-9,12H2,1-2H3,(H,21,24). The summed E-state index contributed by atoms with van der Waals surface area (Å²) in [7, 11) is 0. The Morgan fingerprint density at radius 3 is 2.44 bits per heavy atom. The van der Waals surface area contributed by atoms with Crippen molar-refractivity contribution in [3.05, 3.63) is 17.7 Å². The van der Waals surface area contributed by atoms with Gasteiger partial charge in [0.05, 0.1) is 5.69 Å². The molecule has 3 rings (SSSR count). The molecular weight excluding hydrogens is 348 g/mol. The van der Waals surface area contributed by atoms with Crippen LogP contribution in [0.5, 0.6) is 11.5 Å². The second kappa shape index (κ2) is 8.41. The van der Waals surface area contributed by atoms with Gasteiger partial charge in [-0.05, 0) is 38.2 Å². The Morgan fingerprint density at radius 1 is 1.15 bits per heavy atom. The number of hydrogen-bond donors (Lipinski definition) is 1. The molecule has 0 aliphatic carbocycles. The minimum Gasteiger partial charge on any atom is -0.454 e. The number of ether oxygens (including phenoxy) is 2. The van der Waals surface area contributed by atoms with E-state index in [9.17, 15) is 14.4 Å². The summed E-state index contributed by atoms with van der Waals surface area (Å²) < 4.78 is 10.6. The Bertz CT molecular complexity index is 738. The summed E-state index contributed by atoms with van der Waals surface area (Å²) in [5.41, 5.74) is 0.861. The number of carbonyl (C=O) groups is 3. The monoisotopic (exact) mass is 374 g/mol. The van der Waals surface area contributed by atoms with Crippen molar-refractivity contribution in [2.75, 3.05) is 25.2 Å². The maximum Gasteiger partial charge on any atom is 0.231 e. The van der Waals surface area contributed by atoms with Crippen molar-refractivity contribution < 1.29 is 23.9 Å². The van der Waals surface area contributed by atoms with Gasteiger partial charge in [0.25, 0.3) is 0 Å². The normalized spacial score (nSPS) is 16.3. The molecule has 1 aromatic rings. The van der Waals surface area contributed by atoms with E-state index in [0.29, 0.717) is 48.7 Å². The van der Waals surface area contributed by atoms with Gasteiger partial charge < -0.3 is 19.7 Å². The molecule has 27 heavy (non-hydrogen) atoms. The van der Waals surface area contributed by atoms with Crippen LogP contribution in [-0.2, 0) is 9.59 Å². The Kier molecular flexibility index (Phi) is 5.98. The first-order valence-corrected chi connectivity index (χ1v) is 9.50. The highest BCUT2D eigenvalue weighted by Crippen LogP contribution is 2.37. The molecule has 2 heterocycles. The molecule has 0 bridgehead atoms. The fourth-order valence-electron chi connectivity index (χ4n) is 3.56. The first-order chi connectivity index (χ1) is 13.0. The molecule has 2 amide bonds. The summed E-state index contributed by atoms with van der Waals surface area (Å²) in [6.45, 7) is 4.98. The maximum atomic E-state index is 12.5. The van der Waals surface area contributed by atoms with E-state index in [-0.39, 0.29) is 30.3 Å². The van der Waals surface area contributed by atoms with Crippen LogP contribution < -0.4 is 14.8 Å². The lowest BCUT2D eigenvalue weighted by molar-refractivity contribution is -0.132. The van der Waals surface area contributed by atoms with Crippen molar-refractivity contribution in [3.63, 3.8) is 0 Å². The number of anilines is 1. The van der Waals surface area contributed by atoms with Crippen LogP contribution in [0.3, 0.4) is 0 Å². The molecule has 1 aromatic carbocycles. The highest BCUT2D eigenvalue weighted by Gasteiger charge is 2.25. The van der Waals surface area contributed by atoms with Crippen molar-refractivity contribution in [2.45, 2.75) is 46.0 Å². The number of hydrogen-bond acceptors (Lipinski definition) is 5. The van der Waals surface area contributed by atoms with E-state index in [4.69, 9.17) is 9.47 Å². The van der Waals surface area contributed by atoms with E-state index in [2.05, 4.69) is 5.32 Å². The highest BCUT2D eigenvalue weighted by atomic mass is 16.7. The molecule has 0 saturated carbocycles. The molecule has 1 N–H and O–H groups in total. The lowest BCUT2D eigenvalue weighted by Crippen LogP contribution is -2.39. The Balaban J connectivity index is 1.57. The average Bonchev–Trinajstić information content (AvgIpc) is 3.09. The van der Waals surface area contributed by atoms with Gasteiger partial charge >= 0.3 is 0 Å². The van der Waals surface area contributed by atoms with Gasteiger partial charge in [-0.1, -0.05) is 6.92 Å². The Labute approximate surface area is 159 Å². The molecule has 146 valence electrons. The van der Waals surface area contributed by atoms with E-state index < -0.39 is 0 Å². The van der Waals surface area contributed by atoms with Crippen molar-refractivity contribution in [1.82, 2.24) is 4.90 Å². The summed E-state index contributed by atoms with van der Waals surface area (Å²) in [4.78, 5) is 38.3. The number of likely N-dealkylation sites (tertiary alicyclic amines) is 1. The quantitative estimate of drug-likeness (QED) is 0.774. The van der Waals surface area contributed by atoms with Crippen LogP contribution >= 0.6 is 0 Å². The molecule has 1 saturated heterocycles. The number of fused-ring (bicyclic) bond motifs is 1. The van der Waals surface area contributed by atoms with Crippen LogP contribution in [0.4, 0.5) is 5.69 Å². The molecular formula is C20H26N2O5. The van der Waals surface area contributed by atoms with Gasteiger partial charge in [-0.15, -0.1) is 0 Å². The van der Waals surface area contributed by atoms with Crippen molar-refractivity contribution in [3.8, 4) is 11.5 Å². The highest BCUT2D eigenvalue weighted by molar-refractivity contribution is 6.04. The number of ketones is 1. The van der Waals surface area contributed by atoms with Crippen LogP contribution in [0.25, 0.3) is 0 Å². The molecule has 7 heteroatoms. The summed E-state index contributed by atoms with van der Waals surface area (Å²) in [5.74, 6) is 1.21. The van der Waals surface area contributed by atoms with Crippen molar-refractivity contribution in [1.29, 1.82) is 0 Å². The summed E-state index contributed by atoms with van der Waals surface area (Å²) >= 11 is 0. The largest absolute Gasteiger partial charge is 0.454 e. The Hall–Kier alpha value is -2.57. The van der Waals surface area contributed by atoms with E-state index >= 15 is 0 Å². The zero-order valence-electron chi connectivity index (χ0n) is 15.9. The number of benzene rings is 1. The summed E-state index contributed by atoms with van der Waals surface area (Å²) in [5, 5.41) is 2.85. The zero-order valence-corrected chi connectivity index (χ0v) is 15.9. The van der Waals surface area contributed by atoms with E-state index in [1.807, 2.05) is 11.8 Å². The minimum absolute atomic E-state index is 0.111. The SMILES string of the molecule is CCCC(=O)N1CCC(CC(=O)Nc2cc3c(cc2C(C)=O)OCO3)CC1. The third-order valence-corrected chi connectivity index (χ3v) is 5.07. The molecule has 1 fully saturated rings. The molecule has 0 radical (unpaired) electrons. The molecule has 7 nitrogen and oxygen atoms in total. The molecule has 2 aliphatic heterocycles. The smallest absolute Gasteiger partial charge is 0.231 e. The van der Waals surface area contributed by atoms with Gasteiger partial charge in [0.15, 0.2) is 17.3 Å². The second-order valence-electron chi connectivity index (χ2n) is 7.13. The topological polar surface area (TPSA) is 84.9 Å². The predicted molar refractivity (Wildman–Crippen MR) is 100 cm³/mol. The minimum atomic E-state index is -0.147. The average molecular weight is 374 g/mol. The van der Waals surface area contributed by atoms with Gasteiger partial charge in [-0.2, -0.15) is 0 Å². The van der Waals surface area contributed by atoms with Gasteiger partial charge in [-0.25, -0.2) is 0 Å². The third-order valence-electron chi connectivity index (χ3n) is 5.07. The number of rotatable bonds is 6. The second-order valence-corrected chi connectivity index (χ2v) is 7.13. The van der Waals surface area contributed by atoms with Gasteiger partial charge in [0, 0.05) is 37.6 Å². The number of amides is 2. The number of nitrogens with zero attached hydrogens (tertiary/aromatic N) is 1. The number of nitrogens with one attached hydrogen (secondary N) is 1. The zero-order chi connectivity index (χ0) is 19.4. The maximum absolute atomic E-state index is 12.5. The van der Waals surface area contributed by atoms with Gasteiger partial charge in [-0.3, -0.25) is 14.4 Å². The summed E-state index contributed by atoms with van der Waals surface area (Å²) in [6.07, 6.45) is 3.47. The van der Waals surface area contributed by atoms with E-state index in [0.717, 1.165) is 19.3 Å². The number of piperidine rings is 1. The summed E-state index contributed by atoms with van der Waals surface area (Å²) in [6, 6.07) is 3.25. The lowest BCUT2D eigenvalue weighted by Gasteiger charge is -2.31. The van der Waals surface area contributed by atoms with Crippen molar-refractivity contribution >= 4 is 23.3 Å². The third kappa shape index (κ3) is 4.59. The molecule has 0 atom stereocenters. The first kappa shape index (κ1) is 19.2. The fourth-order valence-corrected chi connectivity index (χ4v) is 3.56. The fraction of sp³-hybridized carbons (Fsp3) is 0.550.